The number of benzene rings is 2. The van der Waals surface area contributed by atoms with E-state index in [0.717, 1.165) is 11.3 Å². The number of nitrogens with zero attached hydrogens (tertiary/aromatic N) is 1. The molecule has 0 aliphatic carbocycles. The van der Waals surface area contributed by atoms with Crippen LogP contribution in [0.1, 0.15) is 38.3 Å². The molecule has 162 valence electrons. The molecular formula is C24H31FN2O2S. The number of thioether (sulfide) groups is 1. The number of amides is 2. The van der Waals surface area contributed by atoms with Crippen molar-refractivity contribution in [2.45, 2.75) is 45.5 Å². The van der Waals surface area contributed by atoms with E-state index >= 15 is 0 Å². The number of hydrogen-bond donors (Lipinski definition) is 1. The van der Waals surface area contributed by atoms with Gasteiger partial charge in [-0.2, -0.15) is 11.8 Å². The van der Waals surface area contributed by atoms with Crippen LogP contribution in [-0.4, -0.2) is 35.1 Å². The predicted octanol–water partition coefficient (Wildman–Crippen LogP) is 4.64. The summed E-state index contributed by atoms with van der Waals surface area (Å²) >= 11 is 1.70. The maximum Gasteiger partial charge on any atom is 0.242 e. The zero-order valence-electron chi connectivity index (χ0n) is 17.9. The fourth-order valence-electron chi connectivity index (χ4n) is 2.89. The van der Waals surface area contributed by atoms with Crippen molar-refractivity contribution in [3.05, 3.63) is 71.5 Å². The SMILES string of the molecule is CC(C)CNC(=O)[C@@H](C)N(Cc1ccc(F)cc1)C(=O)CCSCc1ccccc1. The van der Waals surface area contributed by atoms with Crippen LogP contribution in [0.2, 0.25) is 0 Å². The Bertz CT molecular complexity index is 797. The van der Waals surface area contributed by atoms with E-state index in [1.54, 1.807) is 35.7 Å². The van der Waals surface area contributed by atoms with E-state index < -0.39 is 6.04 Å². The van der Waals surface area contributed by atoms with Gasteiger partial charge in [0.15, 0.2) is 0 Å². The highest BCUT2D eigenvalue weighted by molar-refractivity contribution is 7.98. The summed E-state index contributed by atoms with van der Waals surface area (Å²) in [6.07, 6.45) is 0.348. The Hall–Kier alpha value is -2.34. The molecule has 4 nitrogen and oxygen atoms in total. The van der Waals surface area contributed by atoms with Gasteiger partial charge >= 0.3 is 0 Å². The van der Waals surface area contributed by atoms with Gasteiger partial charge in [0.25, 0.3) is 0 Å². The second-order valence-electron chi connectivity index (χ2n) is 7.75. The highest BCUT2D eigenvalue weighted by Crippen LogP contribution is 2.16. The molecule has 2 aromatic rings. The molecule has 2 rings (SSSR count). The normalized spacial score (nSPS) is 11.9. The number of halogens is 1. The van der Waals surface area contributed by atoms with Gasteiger partial charge in [-0.1, -0.05) is 56.3 Å². The third-order valence-electron chi connectivity index (χ3n) is 4.69. The smallest absolute Gasteiger partial charge is 0.242 e. The molecule has 0 aliphatic rings. The van der Waals surface area contributed by atoms with E-state index in [2.05, 4.69) is 17.4 Å². The Morgan fingerprint density at radius 2 is 1.67 bits per heavy atom. The summed E-state index contributed by atoms with van der Waals surface area (Å²) in [5.41, 5.74) is 2.02. The minimum Gasteiger partial charge on any atom is -0.354 e. The fraction of sp³-hybridized carbons (Fsp3) is 0.417. The molecule has 0 fully saturated rings. The van der Waals surface area contributed by atoms with Gasteiger partial charge in [-0.15, -0.1) is 0 Å². The van der Waals surface area contributed by atoms with E-state index in [-0.39, 0.29) is 24.2 Å². The van der Waals surface area contributed by atoms with E-state index in [4.69, 9.17) is 0 Å². The maximum atomic E-state index is 13.2. The fourth-order valence-corrected chi connectivity index (χ4v) is 3.78. The first-order valence-corrected chi connectivity index (χ1v) is 11.5. The minimum absolute atomic E-state index is 0.0768. The van der Waals surface area contributed by atoms with E-state index in [0.29, 0.717) is 24.6 Å². The van der Waals surface area contributed by atoms with Gasteiger partial charge in [-0.3, -0.25) is 9.59 Å². The van der Waals surface area contributed by atoms with E-state index in [9.17, 15) is 14.0 Å². The number of hydrogen-bond acceptors (Lipinski definition) is 3. The molecule has 0 saturated carbocycles. The maximum absolute atomic E-state index is 13.2. The van der Waals surface area contributed by atoms with Crippen molar-refractivity contribution in [3.63, 3.8) is 0 Å². The van der Waals surface area contributed by atoms with Crippen LogP contribution >= 0.6 is 11.8 Å². The Morgan fingerprint density at radius 1 is 1.00 bits per heavy atom. The van der Waals surface area contributed by atoms with Gasteiger partial charge in [-0.25, -0.2) is 4.39 Å². The number of nitrogens with one attached hydrogen (secondary N) is 1. The van der Waals surface area contributed by atoms with E-state index in [1.165, 1.54) is 17.7 Å². The van der Waals surface area contributed by atoms with Crippen molar-refractivity contribution in [1.29, 1.82) is 0 Å². The molecule has 1 N–H and O–H groups in total. The molecule has 0 aromatic heterocycles. The lowest BCUT2D eigenvalue weighted by Crippen LogP contribution is -2.48. The lowest BCUT2D eigenvalue weighted by atomic mass is 10.1. The Morgan fingerprint density at radius 3 is 2.30 bits per heavy atom. The second kappa shape index (κ2) is 12.4. The van der Waals surface area contributed by atoms with Crippen LogP contribution in [0.4, 0.5) is 4.39 Å². The molecule has 2 aromatic carbocycles. The van der Waals surface area contributed by atoms with Gasteiger partial charge in [0, 0.05) is 31.0 Å². The van der Waals surface area contributed by atoms with Gasteiger partial charge in [-0.05, 0) is 36.1 Å². The lowest BCUT2D eigenvalue weighted by Gasteiger charge is -2.29. The number of carbonyl (C=O) groups excluding carboxylic acids is 2. The lowest BCUT2D eigenvalue weighted by molar-refractivity contribution is -0.140. The van der Waals surface area contributed by atoms with Crippen LogP contribution in [0.15, 0.2) is 54.6 Å². The standard InChI is InChI=1S/C24H31FN2O2S/c1-18(2)15-26-24(29)19(3)27(16-20-9-11-22(25)12-10-20)23(28)13-14-30-17-21-7-5-4-6-8-21/h4-12,18-19H,13-17H2,1-3H3,(H,26,29)/t19-/m1/s1. The molecular weight excluding hydrogens is 399 g/mol. The van der Waals surface area contributed by atoms with Gasteiger partial charge < -0.3 is 10.2 Å². The molecule has 30 heavy (non-hydrogen) atoms. The van der Waals surface area contributed by atoms with Crippen molar-refractivity contribution in [3.8, 4) is 0 Å². The average Bonchev–Trinajstić information content (AvgIpc) is 2.74. The minimum atomic E-state index is -0.597. The summed E-state index contributed by atoms with van der Waals surface area (Å²) in [7, 11) is 0. The van der Waals surface area contributed by atoms with Crippen LogP contribution in [0, 0.1) is 11.7 Å². The first-order valence-electron chi connectivity index (χ1n) is 10.3. The van der Waals surface area contributed by atoms with Crippen molar-refractivity contribution in [2.24, 2.45) is 5.92 Å². The monoisotopic (exact) mass is 430 g/mol. The van der Waals surface area contributed by atoms with E-state index in [1.807, 2.05) is 32.0 Å². The van der Waals surface area contributed by atoms with Crippen LogP contribution in [0.25, 0.3) is 0 Å². The third-order valence-corrected chi connectivity index (χ3v) is 5.72. The number of rotatable bonds is 11. The third kappa shape index (κ3) is 8.19. The van der Waals surface area contributed by atoms with Crippen LogP contribution in [0.3, 0.4) is 0 Å². The highest BCUT2D eigenvalue weighted by atomic mass is 32.2. The predicted molar refractivity (Wildman–Crippen MR) is 121 cm³/mol. The Balaban J connectivity index is 1.98. The molecule has 6 heteroatoms. The second-order valence-corrected chi connectivity index (χ2v) is 8.86. The summed E-state index contributed by atoms with van der Waals surface area (Å²) in [6.45, 7) is 6.63. The molecule has 1 atom stereocenters. The first kappa shape index (κ1) is 23.9. The zero-order chi connectivity index (χ0) is 21.9. The first-order chi connectivity index (χ1) is 14.4. The molecule has 0 saturated heterocycles. The van der Waals surface area contributed by atoms with Crippen LogP contribution in [-0.2, 0) is 21.9 Å². The quantitative estimate of drug-likeness (QED) is 0.529. The van der Waals surface area contributed by atoms with Crippen molar-refractivity contribution >= 4 is 23.6 Å². The van der Waals surface area contributed by atoms with Crippen molar-refractivity contribution in [1.82, 2.24) is 10.2 Å². The van der Waals surface area contributed by atoms with Crippen molar-refractivity contribution in [2.75, 3.05) is 12.3 Å². The molecule has 0 bridgehead atoms. The zero-order valence-corrected chi connectivity index (χ0v) is 18.8. The van der Waals surface area contributed by atoms with Crippen LogP contribution < -0.4 is 5.32 Å². The summed E-state index contributed by atoms with van der Waals surface area (Å²) in [5, 5.41) is 2.90. The van der Waals surface area contributed by atoms with Gasteiger partial charge in [0.1, 0.15) is 11.9 Å². The van der Waals surface area contributed by atoms with Crippen molar-refractivity contribution < 1.29 is 14.0 Å². The Labute approximate surface area is 183 Å². The molecule has 2 amide bonds. The molecule has 0 spiro atoms. The number of carbonyl (C=O) groups is 2. The summed E-state index contributed by atoms with van der Waals surface area (Å²) < 4.78 is 13.2. The molecule has 0 unspecified atom stereocenters. The molecule has 0 heterocycles. The van der Waals surface area contributed by atoms with Gasteiger partial charge in [0.2, 0.25) is 11.8 Å². The topological polar surface area (TPSA) is 49.4 Å². The van der Waals surface area contributed by atoms with Gasteiger partial charge in [0.05, 0.1) is 0 Å². The van der Waals surface area contributed by atoms with Crippen LogP contribution in [0.5, 0.6) is 0 Å². The summed E-state index contributed by atoms with van der Waals surface area (Å²) in [5.74, 6) is 1.28. The Kier molecular flexibility index (Phi) is 9.87. The summed E-state index contributed by atoms with van der Waals surface area (Å²) in [4.78, 5) is 27.1. The molecule has 0 radical (unpaired) electrons. The highest BCUT2D eigenvalue weighted by Gasteiger charge is 2.25. The largest absolute Gasteiger partial charge is 0.354 e. The summed E-state index contributed by atoms with van der Waals surface area (Å²) in [6, 6.07) is 15.6. The average molecular weight is 431 g/mol. The molecule has 0 aliphatic heterocycles.